The summed E-state index contributed by atoms with van der Waals surface area (Å²) in [6.07, 6.45) is 5.77. The smallest absolute Gasteiger partial charge is 0.260 e. The highest BCUT2D eigenvalue weighted by Crippen LogP contribution is 2.51. The van der Waals surface area contributed by atoms with E-state index in [9.17, 15) is 9.18 Å². The zero-order valence-corrected chi connectivity index (χ0v) is 14.4. The van der Waals surface area contributed by atoms with Crippen LogP contribution in [0.3, 0.4) is 0 Å². The van der Waals surface area contributed by atoms with Gasteiger partial charge in [0.05, 0.1) is 16.8 Å². The third-order valence-electron chi connectivity index (χ3n) is 5.94. The molecular formula is C22H19FN2O. The van der Waals surface area contributed by atoms with Gasteiger partial charge < -0.3 is 4.90 Å². The average molecular weight is 346 g/mol. The Morgan fingerprint density at radius 2 is 1.81 bits per heavy atom. The number of carbonyl (C=O) groups is 1. The van der Waals surface area contributed by atoms with Crippen molar-refractivity contribution in [3.05, 3.63) is 71.7 Å². The topological polar surface area (TPSA) is 33.2 Å². The second-order valence-corrected chi connectivity index (χ2v) is 7.39. The van der Waals surface area contributed by atoms with E-state index in [0.29, 0.717) is 17.6 Å². The molecule has 1 spiro atoms. The summed E-state index contributed by atoms with van der Waals surface area (Å²) in [5.41, 5.74) is 2.51. The van der Waals surface area contributed by atoms with Gasteiger partial charge in [0.25, 0.3) is 5.91 Å². The van der Waals surface area contributed by atoms with E-state index in [1.54, 1.807) is 17.2 Å². The first kappa shape index (κ1) is 15.5. The first-order chi connectivity index (χ1) is 12.7. The molecule has 1 aromatic heterocycles. The lowest BCUT2D eigenvalue weighted by Gasteiger charge is -2.25. The normalized spacial score (nSPS) is 17.8. The maximum atomic E-state index is 14.7. The highest BCUT2D eigenvalue weighted by Gasteiger charge is 2.48. The van der Waals surface area contributed by atoms with Gasteiger partial charge in [-0.2, -0.15) is 0 Å². The van der Waals surface area contributed by atoms with Crippen molar-refractivity contribution in [3.8, 4) is 0 Å². The molecule has 3 nitrogen and oxygen atoms in total. The molecule has 26 heavy (non-hydrogen) atoms. The number of hydrogen-bond donors (Lipinski definition) is 0. The molecule has 0 N–H and O–H groups in total. The summed E-state index contributed by atoms with van der Waals surface area (Å²) < 4.78 is 14.7. The predicted octanol–water partition coefficient (Wildman–Crippen LogP) is 4.85. The van der Waals surface area contributed by atoms with Gasteiger partial charge in [-0.1, -0.05) is 37.1 Å². The van der Waals surface area contributed by atoms with Crippen molar-refractivity contribution in [3.63, 3.8) is 0 Å². The Kier molecular flexibility index (Phi) is 3.36. The molecule has 3 aromatic rings. The molecule has 0 radical (unpaired) electrons. The number of amides is 1. The molecule has 1 aliphatic heterocycles. The third kappa shape index (κ3) is 2.11. The van der Waals surface area contributed by atoms with Crippen molar-refractivity contribution < 1.29 is 9.18 Å². The van der Waals surface area contributed by atoms with Gasteiger partial charge in [0.1, 0.15) is 5.82 Å². The highest BCUT2D eigenvalue weighted by atomic mass is 19.1. The Bertz CT molecular complexity index is 1020. The van der Waals surface area contributed by atoms with Gasteiger partial charge in [0.15, 0.2) is 0 Å². The number of rotatable bonds is 1. The summed E-state index contributed by atoms with van der Waals surface area (Å²) in [6, 6.07) is 14.6. The lowest BCUT2D eigenvalue weighted by molar-refractivity contribution is 0.0986. The fourth-order valence-electron chi connectivity index (χ4n) is 4.79. The molecule has 5 rings (SSSR count). The number of para-hydroxylation sites is 1. The van der Waals surface area contributed by atoms with Crippen LogP contribution in [-0.4, -0.2) is 17.4 Å². The predicted molar refractivity (Wildman–Crippen MR) is 100.0 cm³/mol. The molecule has 4 heteroatoms. The minimum atomic E-state index is -0.228. The number of fused-ring (bicyclic) bond motifs is 3. The molecule has 1 saturated carbocycles. The summed E-state index contributed by atoms with van der Waals surface area (Å²) in [4.78, 5) is 19.6. The van der Waals surface area contributed by atoms with E-state index in [4.69, 9.17) is 0 Å². The maximum Gasteiger partial charge on any atom is 0.260 e. The fourth-order valence-corrected chi connectivity index (χ4v) is 4.79. The first-order valence-electron chi connectivity index (χ1n) is 9.14. The van der Waals surface area contributed by atoms with Crippen LogP contribution >= 0.6 is 0 Å². The molecule has 0 atom stereocenters. The number of pyridine rings is 1. The molecule has 1 amide bonds. The van der Waals surface area contributed by atoms with E-state index in [-0.39, 0.29) is 17.1 Å². The fraction of sp³-hybridized carbons (Fsp3) is 0.273. The van der Waals surface area contributed by atoms with E-state index in [1.165, 1.54) is 6.07 Å². The van der Waals surface area contributed by atoms with Crippen LogP contribution in [0.15, 0.2) is 54.7 Å². The highest BCUT2D eigenvalue weighted by molar-refractivity contribution is 6.14. The van der Waals surface area contributed by atoms with Crippen LogP contribution in [0.2, 0.25) is 0 Å². The molecule has 2 aromatic carbocycles. The molecule has 0 bridgehead atoms. The molecule has 130 valence electrons. The lowest BCUT2D eigenvalue weighted by atomic mass is 9.80. The standard InChI is InChI=1S/C22H19FN2O/c23-17-9-4-10-18-19(17)22(11-1-2-12-22)14-25(18)21(26)16-8-3-6-15-7-5-13-24-20(15)16/h3-10,13H,1-2,11-12,14H2. The number of anilines is 1. The molecule has 2 heterocycles. The molecule has 0 saturated heterocycles. The summed E-state index contributed by atoms with van der Waals surface area (Å²) in [5, 5.41) is 0.938. The van der Waals surface area contributed by atoms with E-state index in [0.717, 1.165) is 42.3 Å². The SMILES string of the molecule is O=C(c1cccc2cccnc12)N1CC2(CCCC2)c2c(F)cccc21. The molecule has 1 fully saturated rings. The minimum Gasteiger partial charge on any atom is -0.307 e. The first-order valence-corrected chi connectivity index (χ1v) is 9.14. The van der Waals surface area contributed by atoms with Crippen molar-refractivity contribution in [1.29, 1.82) is 0 Å². The average Bonchev–Trinajstić information content (AvgIpc) is 3.27. The number of aromatic nitrogens is 1. The molecule has 0 unspecified atom stereocenters. The van der Waals surface area contributed by atoms with E-state index < -0.39 is 0 Å². The second kappa shape index (κ2) is 5.63. The van der Waals surface area contributed by atoms with Crippen LogP contribution in [-0.2, 0) is 5.41 Å². The van der Waals surface area contributed by atoms with Crippen molar-refractivity contribution in [2.24, 2.45) is 0 Å². The van der Waals surface area contributed by atoms with Crippen LogP contribution in [0.1, 0.15) is 41.6 Å². The summed E-state index contributed by atoms with van der Waals surface area (Å²) in [6.45, 7) is 0.561. The number of nitrogens with zero attached hydrogens (tertiary/aromatic N) is 2. The van der Waals surface area contributed by atoms with Gasteiger partial charge in [-0.25, -0.2) is 4.39 Å². The Labute approximate surface area is 151 Å². The van der Waals surface area contributed by atoms with Crippen LogP contribution in [0.4, 0.5) is 10.1 Å². The van der Waals surface area contributed by atoms with Gasteiger partial charge in [-0.3, -0.25) is 9.78 Å². The van der Waals surface area contributed by atoms with Crippen LogP contribution in [0.25, 0.3) is 10.9 Å². The number of halogens is 1. The van der Waals surface area contributed by atoms with E-state index in [2.05, 4.69) is 4.98 Å². The maximum absolute atomic E-state index is 14.7. The Morgan fingerprint density at radius 3 is 2.65 bits per heavy atom. The summed E-state index contributed by atoms with van der Waals surface area (Å²) >= 11 is 0. The Balaban J connectivity index is 1.65. The van der Waals surface area contributed by atoms with Crippen molar-refractivity contribution in [2.75, 3.05) is 11.4 Å². The lowest BCUT2D eigenvalue weighted by Crippen LogP contribution is -2.35. The largest absolute Gasteiger partial charge is 0.307 e. The van der Waals surface area contributed by atoms with Crippen LogP contribution in [0, 0.1) is 5.82 Å². The number of benzene rings is 2. The van der Waals surface area contributed by atoms with E-state index >= 15 is 0 Å². The molecule has 2 aliphatic rings. The number of hydrogen-bond acceptors (Lipinski definition) is 2. The van der Waals surface area contributed by atoms with Gasteiger partial charge in [0.2, 0.25) is 0 Å². The second-order valence-electron chi connectivity index (χ2n) is 7.39. The van der Waals surface area contributed by atoms with Crippen LogP contribution < -0.4 is 4.90 Å². The monoisotopic (exact) mass is 346 g/mol. The van der Waals surface area contributed by atoms with Gasteiger partial charge in [-0.05, 0) is 37.1 Å². The number of carbonyl (C=O) groups excluding carboxylic acids is 1. The zero-order chi connectivity index (χ0) is 17.7. The van der Waals surface area contributed by atoms with Gasteiger partial charge >= 0.3 is 0 Å². The van der Waals surface area contributed by atoms with Crippen molar-refractivity contribution in [1.82, 2.24) is 4.98 Å². The van der Waals surface area contributed by atoms with Crippen molar-refractivity contribution in [2.45, 2.75) is 31.1 Å². The molecule has 1 aliphatic carbocycles. The van der Waals surface area contributed by atoms with E-state index in [1.807, 2.05) is 36.4 Å². The minimum absolute atomic E-state index is 0.0927. The summed E-state index contributed by atoms with van der Waals surface area (Å²) in [7, 11) is 0. The Hall–Kier alpha value is -2.75. The third-order valence-corrected chi connectivity index (χ3v) is 5.94. The van der Waals surface area contributed by atoms with Gasteiger partial charge in [0, 0.05) is 29.1 Å². The Morgan fingerprint density at radius 1 is 1.04 bits per heavy atom. The van der Waals surface area contributed by atoms with Crippen LogP contribution in [0.5, 0.6) is 0 Å². The quantitative estimate of drug-likeness (QED) is 0.631. The molecular weight excluding hydrogens is 327 g/mol. The van der Waals surface area contributed by atoms with Gasteiger partial charge in [-0.15, -0.1) is 0 Å². The summed E-state index contributed by atoms with van der Waals surface area (Å²) in [5.74, 6) is -0.277. The van der Waals surface area contributed by atoms with Crippen molar-refractivity contribution >= 4 is 22.5 Å². The zero-order valence-electron chi connectivity index (χ0n) is 14.4.